The Morgan fingerprint density at radius 1 is 1.27 bits per heavy atom. The largest absolute Gasteiger partial charge is 0.497 e. The van der Waals surface area contributed by atoms with E-state index < -0.39 is 10.0 Å². The van der Waals surface area contributed by atoms with Crippen LogP contribution >= 0.6 is 0 Å². The van der Waals surface area contributed by atoms with Gasteiger partial charge in [-0.25, -0.2) is 8.42 Å². The van der Waals surface area contributed by atoms with Crippen molar-refractivity contribution in [2.45, 2.75) is 24.3 Å². The highest BCUT2D eigenvalue weighted by molar-refractivity contribution is 7.89. The molecule has 2 heterocycles. The minimum atomic E-state index is -3.70. The SMILES string of the molecule is COc1cccc(CN(C)S(=O)(=O)c2c[nH]c(C(=O)N3CCCC3)c2)c1. The molecule has 1 fully saturated rings. The number of nitrogens with one attached hydrogen (secondary N) is 1. The number of ether oxygens (including phenoxy) is 1. The molecule has 3 rings (SSSR count). The fourth-order valence-electron chi connectivity index (χ4n) is 3.03. The van der Waals surface area contributed by atoms with Gasteiger partial charge in [0.1, 0.15) is 16.3 Å². The van der Waals surface area contributed by atoms with E-state index in [9.17, 15) is 13.2 Å². The number of aromatic amines is 1. The van der Waals surface area contributed by atoms with Gasteiger partial charge >= 0.3 is 0 Å². The van der Waals surface area contributed by atoms with Gasteiger partial charge < -0.3 is 14.6 Å². The summed E-state index contributed by atoms with van der Waals surface area (Å²) < 4.78 is 32.0. The zero-order chi connectivity index (χ0) is 18.7. The van der Waals surface area contributed by atoms with Gasteiger partial charge in [-0.2, -0.15) is 4.31 Å². The van der Waals surface area contributed by atoms with Gasteiger partial charge in [-0.1, -0.05) is 12.1 Å². The van der Waals surface area contributed by atoms with Crippen LogP contribution in [0.25, 0.3) is 0 Å². The van der Waals surface area contributed by atoms with Crippen molar-refractivity contribution in [2.24, 2.45) is 0 Å². The van der Waals surface area contributed by atoms with Gasteiger partial charge in [0.05, 0.1) is 7.11 Å². The van der Waals surface area contributed by atoms with Crippen LogP contribution in [0.5, 0.6) is 5.75 Å². The van der Waals surface area contributed by atoms with Crippen LogP contribution in [0.15, 0.2) is 41.4 Å². The van der Waals surface area contributed by atoms with Crippen LogP contribution in [0.2, 0.25) is 0 Å². The van der Waals surface area contributed by atoms with Crippen molar-refractivity contribution < 1.29 is 17.9 Å². The predicted molar refractivity (Wildman–Crippen MR) is 97.6 cm³/mol. The highest BCUT2D eigenvalue weighted by atomic mass is 32.2. The number of hydrogen-bond acceptors (Lipinski definition) is 4. The van der Waals surface area contributed by atoms with Crippen molar-refractivity contribution in [3.8, 4) is 5.75 Å². The zero-order valence-corrected chi connectivity index (χ0v) is 15.8. The molecule has 1 aliphatic heterocycles. The highest BCUT2D eigenvalue weighted by Gasteiger charge is 2.26. The Labute approximate surface area is 153 Å². The summed E-state index contributed by atoms with van der Waals surface area (Å²) >= 11 is 0. The smallest absolute Gasteiger partial charge is 0.270 e. The van der Waals surface area contributed by atoms with E-state index in [1.807, 2.05) is 12.1 Å². The summed E-state index contributed by atoms with van der Waals surface area (Å²) in [5.41, 5.74) is 1.12. The van der Waals surface area contributed by atoms with Gasteiger partial charge in [-0.3, -0.25) is 4.79 Å². The molecule has 140 valence electrons. The molecule has 0 spiro atoms. The average molecular weight is 377 g/mol. The number of likely N-dealkylation sites (tertiary alicyclic amines) is 1. The number of sulfonamides is 1. The standard InChI is InChI=1S/C18H23N3O4S/c1-20(13-14-6-5-7-15(10-14)25-2)26(23,24)16-11-17(19-12-16)18(22)21-8-3-4-9-21/h5-7,10-12,19H,3-4,8-9,13H2,1-2H3. The Bertz CT molecular complexity index is 885. The van der Waals surface area contributed by atoms with Gasteiger partial charge in [0.2, 0.25) is 10.0 Å². The lowest BCUT2D eigenvalue weighted by atomic mass is 10.2. The molecule has 1 saturated heterocycles. The van der Waals surface area contributed by atoms with E-state index in [1.54, 1.807) is 24.1 Å². The number of carbonyl (C=O) groups excluding carboxylic acids is 1. The normalized spacial score (nSPS) is 14.8. The molecule has 8 heteroatoms. The maximum absolute atomic E-state index is 12.8. The van der Waals surface area contributed by atoms with Gasteiger partial charge in [-0.15, -0.1) is 0 Å². The summed E-state index contributed by atoms with van der Waals surface area (Å²) in [6, 6.07) is 8.68. The number of H-pyrrole nitrogens is 1. The molecule has 0 saturated carbocycles. The van der Waals surface area contributed by atoms with E-state index in [4.69, 9.17) is 4.74 Å². The molecule has 1 amide bonds. The molecule has 0 unspecified atom stereocenters. The second-order valence-corrected chi connectivity index (χ2v) is 8.41. The first-order chi connectivity index (χ1) is 12.4. The molecule has 7 nitrogen and oxygen atoms in total. The van der Waals surface area contributed by atoms with Gasteiger partial charge in [0.25, 0.3) is 5.91 Å². The second-order valence-electron chi connectivity index (χ2n) is 6.36. The number of methoxy groups -OCH3 is 1. The Kier molecular flexibility index (Phi) is 5.33. The number of rotatable bonds is 6. The van der Waals surface area contributed by atoms with Crippen LogP contribution in [-0.2, 0) is 16.6 Å². The molecular formula is C18H23N3O4S. The van der Waals surface area contributed by atoms with Crippen LogP contribution < -0.4 is 4.74 Å². The van der Waals surface area contributed by atoms with E-state index in [1.165, 1.54) is 23.6 Å². The van der Waals surface area contributed by atoms with Gasteiger partial charge in [0, 0.05) is 32.9 Å². The van der Waals surface area contributed by atoms with Gasteiger partial charge in [-0.05, 0) is 36.6 Å². The summed E-state index contributed by atoms with van der Waals surface area (Å²) in [5, 5.41) is 0. The van der Waals surface area contributed by atoms with Crippen molar-refractivity contribution in [2.75, 3.05) is 27.2 Å². The Morgan fingerprint density at radius 3 is 2.69 bits per heavy atom. The van der Waals surface area contributed by atoms with E-state index in [-0.39, 0.29) is 17.3 Å². The highest BCUT2D eigenvalue weighted by Crippen LogP contribution is 2.21. The maximum Gasteiger partial charge on any atom is 0.270 e. The maximum atomic E-state index is 12.8. The van der Waals surface area contributed by atoms with E-state index >= 15 is 0 Å². The molecule has 1 aliphatic rings. The molecule has 1 N–H and O–H groups in total. The second kappa shape index (κ2) is 7.51. The molecule has 0 radical (unpaired) electrons. The van der Waals surface area contributed by atoms with Crippen LogP contribution in [-0.4, -0.2) is 55.8 Å². The molecular weight excluding hydrogens is 354 g/mol. The van der Waals surface area contributed by atoms with E-state index in [2.05, 4.69) is 4.98 Å². The van der Waals surface area contributed by atoms with Gasteiger partial charge in [0.15, 0.2) is 0 Å². The van der Waals surface area contributed by atoms with E-state index in [0.29, 0.717) is 11.4 Å². The molecule has 0 bridgehead atoms. The summed E-state index contributed by atoms with van der Waals surface area (Å²) in [7, 11) is -0.617. The molecule has 1 aromatic carbocycles. The fraction of sp³-hybridized carbons (Fsp3) is 0.389. The molecule has 2 aromatic rings. The first-order valence-electron chi connectivity index (χ1n) is 8.49. The third-order valence-electron chi connectivity index (χ3n) is 4.53. The zero-order valence-electron chi connectivity index (χ0n) is 14.9. The first kappa shape index (κ1) is 18.5. The summed E-state index contributed by atoms with van der Waals surface area (Å²) in [5.74, 6) is 0.521. The van der Waals surface area contributed by atoms with Crippen molar-refractivity contribution in [3.63, 3.8) is 0 Å². The minimum Gasteiger partial charge on any atom is -0.497 e. The summed E-state index contributed by atoms with van der Waals surface area (Å²) in [4.78, 5) is 17.0. The molecule has 0 atom stereocenters. The van der Waals surface area contributed by atoms with Crippen molar-refractivity contribution >= 4 is 15.9 Å². The summed E-state index contributed by atoms with van der Waals surface area (Å²) in [6.07, 6.45) is 3.35. The Morgan fingerprint density at radius 2 is 2.00 bits per heavy atom. The number of amides is 1. The predicted octanol–water partition coefficient (Wildman–Crippen LogP) is 2.08. The van der Waals surface area contributed by atoms with Crippen LogP contribution in [0, 0.1) is 0 Å². The van der Waals surface area contributed by atoms with Crippen LogP contribution in [0.4, 0.5) is 0 Å². The van der Waals surface area contributed by atoms with Crippen LogP contribution in [0.1, 0.15) is 28.9 Å². The topological polar surface area (TPSA) is 82.7 Å². The number of aromatic nitrogens is 1. The van der Waals surface area contributed by atoms with Crippen LogP contribution in [0.3, 0.4) is 0 Å². The molecule has 1 aromatic heterocycles. The van der Waals surface area contributed by atoms with Crippen molar-refractivity contribution in [1.82, 2.24) is 14.2 Å². The lowest BCUT2D eigenvalue weighted by Gasteiger charge is -2.17. The Balaban J connectivity index is 1.75. The van der Waals surface area contributed by atoms with E-state index in [0.717, 1.165) is 31.5 Å². The lowest BCUT2D eigenvalue weighted by molar-refractivity contribution is 0.0787. The third-order valence-corrected chi connectivity index (χ3v) is 6.31. The van der Waals surface area contributed by atoms with Crippen molar-refractivity contribution in [3.05, 3.63) is 47.8 Å². The minimum absolute atomic E-state index is 0.0884. The molecule has 26 heavy (non-hydrogen) atoms. The number of benzene rings is 1. The van der Waals surface area contributed by atoms with Crippen molar-refractivity contribution in [1.29, 1.82) is 0 Å². The third kappa shape index (κ3) is 3.76. The monoisotopic (exact) mass is 377 g/mol. The number of carbonyl (C=O) groups is 1. The quantitative estimate of drug-likeness (QED) is 0.836. The molecule has 0 aliphatic carbocycles. The first-order valence-corrected chi connectivity index (χ1v) is 9.93. The number of nitrogens with zero attached hydrogens (tertiary/aromatic N) is 2. The number of hydrogen-bond donors (Lipinski definition) is 1. The summed E-state index contributed by atoms with van der Waals surface area (Å²) in [6.45, 7) is 1.64. The Hall–Kier alpha value is -2.32. The lowest BCUT2D eigenvalue weighted by Crippen LogP contribution is -2.28. The average Bonchev–Trinajstić information content (AvgIpc) is 3.33. The fourth-order valence-corrected chi connectivity index (χ4v) is 4.18.